The molecule has 194 valence electrons. The zero-order valence-electron chi connectivity index (χ0n) is 21.2. The van der Waals surface area contributed by atoms with Crippen LogP contribution in [0.25, 0.3) is 0 Å². The van der Waals surface area contributed by atoms with Crippen LogP contribution in [0.2, 0.25) is 0 Å². The van der Waals surface area contributed by atoms with Gasteiger partial charge in [-0.3, -0.25) is 9.59 Å². The maximum atomic E-state index is 12.0. The van der Waals surface area contributed by atoms with E-state index < -0.39 is 11.9 Å². The Morgan fingerprint density at radius 3 is 1.24 bits per heavy atom. The fourth-order valence-corrected chi connectivity index (χ4v) is 4.25. The molecule has 0 heterocycles. The Balaban J connectivity index is 1.88. The molecule has 0 spiro atoms. The number of aryl methyl sites for hydroxylation is 1. The lowest BCUT2D eigenvalue weighted by atomic mass is 9.84. The molecule has 6 heteroatoms. The molecule has 0 radical (unpaired) electrons. The summed E-state index contributed by atoms with van der Waals surface area (Å²) in [6, 6.07) is 23.9. The number of carboxylic acids is 2. The third kappa shape index (κ3) is 8.52. The van der Waals surface area contributed by atoms with Crippen molar-refractivity contribution in [1.29, 1.82) is 0 Å². The average Bonchev–Trinajstić information content (AvgIpc) is 2.89. The zero-order chi connectivity index (χ0) is 27.5. The second-order valence-corrected chi connectivity index (χ2v) is 9.04. The first-order valence-electron chi connectivity index (χ1n) is 12.4. The predicted octanol–water partition coefficient (Wildman–Crippen LogP) is 5.32. The lowest BCUT2D eigenvalue weighted by Gasteiger charge is -2.20. The highest BCUT2D eigenvalue weighted by atomic mass is 16.4. The number of carboxylic acid groups (broad SMARTS) is 2. The number of carbonyl (C=O) groups is 4. The van der Waals surface area contributed by atoms with Crippen molar-refractivity contribution < 1.29 is 29.4 Å². The summed E-state index contributed by atoms with van der Waals surface area (Å²) in [5.41, 5.74) is 5.99. The minimum Gasteiger partial charge on any atom is -0.478 e. The van der Waals surface area contributed by atoms with Gasteiger partial charge in [0, 0.05) is 30.9 Å². The third-order valence-electron chi connectivity index (χ3n) is 6.06. The first-order valence-corrected chi connectivity index (χ1v) is 12.4. The summed E-state index contributed by atoms with van der Waals surface area (Å²) in [4.78, 5) is 45.4. The van der Waals surface area contributed by atoms with Crippen molar-refractivity contribution in [3.8, 4) is 0 Å². The van der Waals surface area contributed by atoms with Crippen molar-refractivity contribution in [3.63, 3.8) is 0 Å². The molecule has 0 aliphatic heterocycles. The van der Waals surface area contributed by atoms with Gasteiger partial charge in [0.15, 0.2) is 11.6 Å². The molecule has 38 heavy (non-hydrogen) atoms. The van der Waals surface area contributed by atoms with E-state index in [0.717, 1.165) is 65.0 Å². The van der Waals surface area contributed by atoms with E-state index in [-0.39, 0.29) is 30.3 Å². The first kappa shape index (κ1) is 28.0. The van der Waals surface area contributed by atoms with Crippen LogP contribution in [0.15, 0.2) is 97.1 Å². The molecule has 3 rings (SSSR count). The highest BCUT2D eigenvalue weighted by Crippen LogP contribution is 2.33. The summed E-state index contributed by atoms with van der Waals surface area (Å²) in [7, 11) is 0. The second kappa shape index (κ2) is 13.7. The van der Waals surface area contributed by atoms with E-state index >= 15 is 0 Å². The molecule has 0 aliphatic carbocycles. The van der Waals surface area contributed by atoms with Crippen molar-refractivity contribution >= 4 is 23.5 Å². The van der Waals surface area contributed by atoms with Gasteiger partial charge in [0.1, 0.15) is 0 Å². The lowest BCUT2D eigenvalue weighted by Crippen LogP contribution is -2.06. The van der Waals surface area contributed by atoms with Gasteiger partial charge in [0.25, 0.3) is 0 Å². The van der Waals surface area contributed by atoms with E-state index in [9.17, 15) is 19.2 Å². The molecule has 2 N–H and O–H groups in total. The van der Waals surface area contributed by atoms with Gasteiger partial charge in [0.2, 0.25) is 0 Å². The zero-order valence-corrected chi connectivity index (χ0v) is 21.2. The normalized spacial score (nSPS) is 11.3. The minimum atomic E-state index is -1.16. The van der Waals surface area contributed by atoms with E-state index in [0.29, 0.717) is 0 Å². The summed E-state index contributed by atoms with van der Waals surface area (Å²) in [5.74, 6) is -2.97. The Kier molecular flexibility index (Phi) is 10.1. The number of carbonyl (C=O) groups excluding carboxylic acids is 2. The summed E-state index contributed by atoms with van der Waals surface area (Å²) in [6.07, 6.45) is 6.11. The molecule has 0 bridgehead atoms. The van der Waals surface area contributed by atoms with E-state index in [1.54, 1.807) is 0 Å². The van der Waals surface area contributed by atoms with Gasteiger partial charge in [-0.25, -0.2) is 9.59 Å². The molecule has 0 atom stereocenters. The molecule has 0 unspecified atom stereocenters. The van der Waals surface area contributed by atoms with Crippen LogP contribution in [0.4, 0.5) is 0 Å². The van der Waals surface area contributed by atoms with Crippen molar-refractivity contribution in [3.05, 3.63) is 130 Å². The van der Waals surface area contributed by atoms with Crippen LogP contribution >= 0.6 is 0 Å². The Bertz CT molecular complexity index is 1250. The monoisotopic (exact) mass is 510 g/mol. The van der Waals surface area contributed by atoms with Crippen molar-refractivity contribution in [2.24, 2.45) is 0 Å². The molecule has 3 aromatic rings. The molecule has 0 amide bonds. The van der Waals surface area contributed by atoms with E-state index in [1.165, 1.54) is 5.56 Å². The maximum Gasteiger partial charge on any atom is 0.328 e. The first-order chi connectivity index (χ1) is 18.2. The largest absolute Gasteiger partial charge is 0.478 e. The van der Waals surface area contributed by atoms with Crippen LogP contribution in [0.3, 0.4) is 0 Å². The van der Waals surface area contributed by atoms with E-state index in [2.05, 4.69) is 31.2 Å². The van der Waals surface area contributed by atoms with Crippen LogP contribution in [0.1, 0.15) is 52.6 Å². The molecule has 6 nitrogen and oxygen atoms in total. The Morgan fingerprint density at radius 1 is 0.579 bits per heavy atom. The second-order valence-electron chi connectivity index (χ2n) is 9.04. The summed E-state index contributed by atoms with van der Waals surface area (Å²) >= 11 is 0. The van der Waals surface area contributed by atoms with Crippen LogP contribution in [0.5, 0.6) is 0 Å². The molecule has 0 fully saturated rings. The highest BCUT2D eigenvalue weighted by molar-refractivity contribution is 5.97. The number of rotatable bonds is 13. The number of hydrogen-bond acceptors (Lipinski definition) is 4. The fraction of sp³-hybridized carbons (Fsp3) is 0.188. The summed E-state index contributed by atoms with van der Waals surface area (Å²) in [6.45, 7) is 2.14. The third-order valence-corrected chi connectivity index (χ3v) is 6.06. The number of allylic oxidation sites excluding steroid dienone is 2. The number of benzene rings is 3. The molecule has 3 aromatic carbocycles. The number of ketones is 2. The standard InChI is InChI=1S/C32H30O6/c1-2-3-22-4-10-25(11-5-22)32(26-12-6-23(7-13-26)20-28(33)16-18-30(35)36)27-14-8-24(9-15-27)21-29(34)17-19-31(37)38/h4-19,32H,2-3,20-21H2,1H3,(H,35,36)(H,37,38)/b18-16+,19-17+. The van der Waals surface area contributed by atoms with Gasteiger partial charge < -0.3 is 10.2 Å². The van der Waals surface area contributed by atoms with Gasteiger partial charge in [-0.1, -0.05) is 86.1 Å². The predicted molar refractivity (Wildman–Crippen MR) is 145 cm³/mol. The minimum absolute atomic E-state index is 0.0843. The van der Waals surface area contributed by atoms with Gasteiger partial charge in [0.05, 0.1) is 0 Å². The van der Waals surface area contributed by atoms with E-state index in [4.69, 9.17) is 10.2 Å². The maximum absolute atomic E-state index is 12.0. The molecule has 0 aliphatic rings. The van der Waals surface area contributed by atoms with Gasteiger partial charge in [-0.2, -0.15) is 0 Å². The van der Waals surface area contributed by atoms with Crippen LogP contribution in [-0.2, 0) is 38.4 Å². The number of hydrogen-bond donors (Lipinski definition) is 2. The van der Waals surface area contributed by atoms with Crippen LogP contribution < -0.4 is 0 Å². The molecule has 0 aromatic heterocycles. The summed E-state index contributed by atoms with van der Waals surface area (Å²) < 4.78 is 0. The Hall–Kier alpha value is -4.58. The lowest BCUT2D eigenvalue weighted by molar-refractivity contribution is -0.132. The quantitative estimate of drug-likeness (QED) is 0.238. The van der Waals surface area contributed by atoms with Crippen molar-refractivity contribution in [1.82, 2.24) is 0 Å². The average molecular weight is 511 g/mol. The SMILES string of the molecule is CCCc1ccc(C(c2ccc(CC(=O)/C=C/C(=O)O)cc2)c2ccc(CC(=O)/C=C/C(=O)O)cc2)cc1. The Labute approximate surface area is 222 Å². The van der Waals surface area contributed by atoms with E-state index in [1.807, 2.05) is 48.5 Å². The molecular formula is C32H30O6. The van der Waals surface area contributed by atoms with Crippen LogP contribution in [-0.4, -0.2) is 33.7 Å². The fourth-order valence-electron chi connectivity index (χ4n) is 4.25. The van der Waals surface area contributed by atoms with Crippen molar-refractivity contribution in [2.45, 2.75) is 38.5 Å². The Morgan fingerprint density at radius 2 is 0.921 bits per heavy atom. The number of aliphatic carboxylic acids is 2. The molecule has 0 saturated carbocycles. The topological polar surface area (TPSA) is 109 Å². The van der Waals surface area contributed by atoms with Gasteiger partial charge in [-0.15, -0.1) is 0 Å². The van der Waals surface area contributed by atoms with Gasteiger partial charge >= 0.3 is 11.9 Å². The van der Waals surface area contributed by atoms with Crippen LogP contribution in [0, 0.1) is 0 Å². The van der Waals surface area contributed by atoms with Crippen molar-refractivity contribution in [2.75, 3.05) is 0 Å². The smallest absolute Gasteiger partial charge is 0.328 e. The highest BCUT2D eigenvalue weighted by Gasteiger charge is 2.17. The molecular weight excluding hydrogens is 480 g/mol. The van der Waals surface area contributed by atoms with Gasteiger partial charge in [-0.05, 0) is 52.0 Å². The summed E-state index contributed by atoms with van der Waals surface area (Å²) in [5, 5.41) is 17.4. The molecule has 0 saturated heterocycles.